The Hall–Kier alpha value is -1.14. The number of anilines is 1. The molecule has 6 heteroatoms. The zero-order valence-corrected chi connectivity index (χ0v) is 12.3. The number of carbonyl (C=O) groups excluding carboxylic acids is 1. The van der Waals surface area contributed by atoms with Crippen molar-refractivity contribution in [3.05, 3.63) is 11.1 Å². The van der Waals surface area contributed by atoms with E-state index < -0.39 is 0 Å². The maximum Gasteiger partial charge on any atom is 0.305 e. The minimum atomic E-state index is -0.187. The number of carbonyl (C=O) groups is 1. The summed E-state index contributed by atoms with van der Waals surface area (Å²) in [6, 6.07) is 0.800. The van der Waals surface area contributed by atoms with Gasteiger partial charge in [-0.15, -0.1) is 11.3 Å². The van der Waals surface area contributed by atoms with Crippen molar-refractivity contribution in [2.45, 2.75) is 31.7 Å². The first-order valence-corrected chi connectivity index (χ1v) is 7.52. The third-order valence-electron chi connectivity index (χ3n) is 3.28. The maximum absolute atomic E-state index is 11.0. The lowest BCUT2D eigenvalue weighted by Gasteiger charge is -2.15. The first-order valence-electron chi connectivity index (χ1n) is 6.64. The normalized spacial score (nSPS) is 14.7. The molecule has 0 aliphatic heterocycles. The van der Waals surface area contributed by atoms with Gasteiger partial charge in [-0.25, -0.2) is 4.98 Å². The summed E-state index contributed by atoms with van der Waals surface area (Å²) in [5.74, 6) is -0.187. The molecule has 0 radical (unpaired) electrons. The van der Waals surface area contributed by atoms with Gasteiger partial charge in [0.25, 0.3) is 0 Å². The van der Waals surface area contributed by atoms with Crippen molar-refractivity contribution in [1.29, 1.82) is 0 Å². The Labute approximate surface area is 118 Å². The Balaban J connectivity index is 1.66. The number of esters is 1. The van der Waals surface area contributed by atoms with E-state index in [1.165, 1.54) is 20.0 Å². The number of hydrogen-bond acceptors (Lipinski definition) is 6. The van der Waals surface area contributed by atoms with Crippen molar-refractivity contribution in [2.24, 2.45) is 0 Å². The van der Waals surface area contributed by atoms with Gasteiger partial charge in [0, 0.05) is 30.9 Å². The van der Waals surface area contributed by atoms with Crippen LogP contribution in [-0.4, -0.2) is 49.1 Å². The van der Waals surface area contributed by atoms with Gasteiger partial charge in [0.15, 0.2) is 5.13 Å². The molecular formula is C13H21N3O2S. The summed E-state index contributed by atoms with van der Waals surface area (Å²) in [5, 5.41) is 6.26. The van der Waals surface area contributed by atoms with Crippen molar-refractivity contribution in [1.82, 2.24) is 9.88 Å². The molecule has 1 N–H and O–H groups in total. The van der Waals surface area contributed by atoms with Gasteiger partial charge in [0.2, 0.25) is 0 Å². The fourth-order valence-corrected chi connectivity index (χ4v) is 2.65. The van der Waals surface area contributed by atoms with Gasteiger partial charge in [-0.3, -0.25) is 4.79 Å². The molecule has 1 fully saturated rings. The number of aryl methyl sites for hydroxylation is 1. The second-order valence-corrected chi connectivity index (χ2v) is 5.72. The third kappa shape index (κ3) is 4.80. The van der Waals surface area contributed by atoms with E-state index in [4.69, 9.17) is 0 Å². The topological polar surface area (TPSA) is 54.5 Å². The first kappa shape index (κ1) is 14.3. The molecule has 0 aromatic carbocycles. The highest BCUT2D eigenvalue weighted by molar-refractivity contribution is 7.13. The summed E-state index contributed by atoms with van der Waals surface area (Å²) in [7, 11) is 3.58. The smallest absolute Gasteiger partial charge is 0.305 e. The molecule has 1 aliphatic rings. The highest BCUT2D eigenvalue weighted by atomic mass is 32.1. The molecule has 1 saturated carbocycles. The predicted molar refractivity (Wildman–Crippen MR) is 76.6 cm³/mol. The molecule has 1 aromatic heterocycles. The molecule has 19 heavy (non-hydrogen) atoms. The highest BCUT2D eigenvalue weighted by Gasteiger charge is 2.25. The maximum atomic E-state index is 11.0. The highest BCUT2D eigenvalue weighted by Crippen LogP contribution is 2.24. The monoisotopic (exact) mass is 283 g/mol. The number of ether oxygens (including phenoxy) is 1. The van der Waals surface area contributed by atoms with Gasteiger partial charge in [0.05, 0.1) is 19.2 Å². The molecule has 0 saturated heterocycles. The Bertz CT molecular complexity index is 418. The van der Waals surface area contributed by atoms with E-state index in [1.807, 2.05) is 5.38 Å². The molecule has 2 rings (SSSR count). The molecule has 5 nitrogen and oxygen atoms in total. The summed E-state index contributed by atoms with van der Waals surface area (Å²) in [6.07, 6.45) is 3.72. The van der Waals surface area contributed by atoms with Gasteiger partial charge in [-0.2, -0.15) is 0 Å². The van der Waals surface area contributed by atoms with Gasteiger partial charge in [-0.05, 0) is 19.9 Å². The minimum Gasteiger partial charge on any atom is -0.469 e. The van der Waals surface area contributed by atoms with Crippen molar-refractivity contribution in [3.8, 4) is 0 Å². The van der Waals surface area contributed by atoms with Crippen molar-refractivity contribution in [3.63, 3.8) is 0 Å². The molecule has 1 aromatic rings. The van der Waals surface area contributed by atoms with E-state index in [2.05, 4.69) is 27.0 Å². The predicted octanol–water partition coefficient (Wildman–Crippen LogP) is 1.75. The lowest BCUT2D eigenvalue weighted by Crippen LogP contribution is -2.26. The molecule has 106 valence electrons. The lowest BCUT2D eigenvalue weighted by molar-refractivity contribution is -0.140. The molecule has 0 unspecified atom stereocenters. The van der Waals surface area contributed by atoms with E-state index in [-0.39, 0.29) is 5.97 Å². The number of methoxy groups -OCH3 is 1. The van der Waals surface area contributed by atoms with Crippen LogP contribution in [0.2, 0.25) is 0 Å². The number of likely N-dealkylation sites (N-methyl/N-ethyl adjacent to an activating group) is 1. The van der Waals surface area contributed by atoms with Crippen LogP contribution in [0.4, 0.5) is 5.13 Å². The minimum absolute atomic E-state index is 0.187. The second kappa shape index (κ2) is 6.86. The van der Waals surface area contributed by atoms with Crippen LogP contribution in [0, 0.1) is 0 Å². The van der Waals surface area contributed by atoms with Crippen molar-refractivity contribution < 1.29 is 9.53 Å². The molecule has 1 heterocycles. The largest absolute Gasteiger partial charge is 0.469 e. The van der Waals surface area contributed by atoms with Gasteiger partial charge in [0.1, 0.15) is 0 Å². The molecule has 0 amide bonds. The second-order valence-electron chi connectivity index (χ2n) is 4.86. The summed E-state index contributed by atoms with van der Waals surface area (Å²) < 4.78 is 4.61. The van der Waals surface area contributed by atoms with Crippen LogP contribution in [-0.2, 0) is 16.0 Å². The SMILES string of the molecule is COC(=O)CCc1csc(NCCN(C)C2CC2)n1. The van der Waals surface area contributed by atoms with Crippen LogP contribution in [0.25, 0.3) is 0 Å². The van der Waals surface area contributed by atoms with E-state index in [0.717, 1.165) is 30.0 Å². The molecule has 0 atom stereocenters. The van der Waals surface area contributed by atoms with Crippen LogP contribution >= 0.6 is 11.3 Å². The van der Waals surface area contributed by atoms with E-state index in [1.54, 1.807) is 11.3 Å². The molecule has 1 aliphatic carbocycles. The Kier molecular flexibility index (Phi) is 5.15. The number of aromatic nitrogens is 1. The van der Waals surface area contributed by atoms with Crippen LogP contribution in [0.5, 0.6) is 0 Å². The number of rotatable bonds is 8. The summed E-state index contributed by atoms with van der Waals surface area (Å²) >= 11 is 1.59. The van der Waals surface area contributed by atoms with Crippen LogP contribution in [0.1, 0.15) is 25.0 Å². The van der Waals surface area contributed by atoms with Crippen LogP contribution < -0.4 is 5.32 Å². The summed E-state index contributed by atoms with van der Waals surface area (Å²) in [4.78, 5) is 17.9. The molecular weight excluding hydrogens is 262 g/mol. The fraction of sp³-hybridized carbons (Fsp3) is 0.692. The Morgan fingerprint density at radius 3 is 3.11 bits per heavy atom. The first-order chi connectivity index (χ1) is 9.19. The Morgan fingerprint density at radius 2 is 2.42 bits per heavy atom. The van der Waals surface area contributed by atoms with Crippen LogP contribution in [0.3, 0.4) is 0 Å². The quantitative estimate of drug-likeness (QED) is 0.737. The molecule has 0 bridgehead atoms. The fourth-order valence-electron chi connectivity index (χ4n) is 1.87. The summed E-state index contributed by atoms with van der Waals surface area (Å²) in [6.45, 7) is 1.96. The zero-order chi connectivity index (χ0) is 13.7. The number of nitrogens with one attached hydrogen (secondary N) is 1. The van der Waals surface area contributed by atoms with Crippen molar-refractivity contribution in [2.75, 3.05) is 32.6 Å². The number of thiazole rings is 1. The Morgan fingerprint density at radius 1 is 1.63 bits per heavy atom. The third-order valence-corrected chi connectivity index (χ3v) is 4.12. The van der Waals surface area contributed by atoms with Gasteiger partial charge < -0.3 is 15.0 Å². The van der Waals surface area contributed by atoms with E-state index in [9.17, 15) is 4.79 Å². The van der Waals surface area contributed by atoms with Gasteiger partial charge in [-0.1, -0.05) is 0 Å². The van der Waals surface area contributed by atoms with E-state index >= 15 is 0 Å². The van der Waals surface area contributed by atoms with Gasteiger partial charge >= 0.3 is 5.97 Å². The van der Waals surface area contributed by atoms with E-state index in [0.29, 0.717) is 12.8 Å². The lowest BCUT2D eigenvalue weighted by atomic mass is 10.2. The number of nitrogens with zero attached hydrogens (tertiary/aromatic N) is 2. The zero-order valence-electron chi connectivity index (χ0n) is 11.5. The average Bonchev–Trinajstić information content (AvgIpc) is 3.17. The standard InChI is InChI=1S/C13H21N3O2S/c1-16(11-4-5-11)8-7-14-13-15-10(9-19-13)3-6-12(17)18-2/h9,11H,3-8H2,1-2H3,(H,14,15). The van der Waals surface area contributed by atoms with Crippen LogP contribution in [0.15, 0.2) is 5.38 Å². The van der Waals surface area contributed by atoms with Crippen molar-refractivity contribution >= 4 is 22.4 Å². The molecule has 0 spiro atoms. The number of hydrogen-bond donors (Lipinski definition) is 1. The average molecular weight is 283 g/mol. The summed E-state index contributed by atoms with van der Waals surface area (Å²) in [5.41, 5.74) is 0.952.